The second-order valence-electron chi connectivity index (χ2n) is 2.88. The van der Waals surface area contributed by atoms with Crippen molar-refractivity contribution >= 4 is 38.7 Å². The number of alkyl halides is 1. The van der Waals surface area contributed by atoms with Crippen LogP contribution in [-0.4, -0.2) is 15.6 Å². The maximum Gasteiger partial charge on any atom is 0.195 e. The first-order valence-electron chi connectivity index (χ1n) is 3.91. The zero-order valence-corrected chi connectivity index (χ0v) is 10.2. The first-order valence-corrected chi connectivity index (χ1v) is 4.83. The van der Waals surface area contributed by atoms with Crippen molar-refractivity contribution in [3.05, 3.63) is 29.6 Å². The van der Waals surface area contributed by atoms with Gasteiger partial charge in [0, 0.05) is 6.20 Å². The molecule has 0 bridgehead atoms. The van der Waals surface area contributed by atoms with Gasteiger partial charge in [-0.3, -0.25) is 9.78 Å². The van der Waals surface area contributed by atoms with Gasteiger partial charge >= 0.3 is 0 Å². The number of carbonyl (C=O) groups is 1. The Hall–Kier alpha value is -0.220. The Morgan fingerprint density at radius 2 is 2.31 bits per heavy atom. The van der Waals surface area contributed by atoms with E-state index in [0.29, 0.717) is 5.69 Å². The summed E-state index contributed by atoms with van der Waals surface area (Å²) in [7, 11) is 0. The summed E-state index contributed by atoms with van der Waals surface area (Å²) in [4.78, 5) is 15.6. The van der Waals surface area contributed by atoms with Crippen molar-refractivity contribution in [1.29, 1.82) is 0 Å². The molecule has 1 aliphatic rings. The number of hydrogen-bond acceptors (Lipinski definition) is 2. The van der Waals surface area contributed by atoms with Gasteiger partial charge in [0.15, 0.2) is 5.78 Å². The van der Waals surface area contributed by atoms with E-state index >= 15 is 0 Å². The van der Waals surface area contributed by atoms with Gasteiger partial charge in [0.2, 0.25) is 0 Å². The van der Waals surface area contributed by atoms with E-state index in [9.17, 15) is 4.79 Å². The summed E-state index contributed by atoms with van der Waals surface area (Å²) in [5, 5.41) is 0. The molecule has 70 valence electrons. The summed E-state index contributed by atoms with van der Waals surface area (Å²) < 4.78 is 0. The molecule has 0 N–H and O–H groups in total. The number of pyridine rings is 1. The molecular weight excluding hydrogens is 298 g/mol. The topological polar surface area (TPSA) is 30.0 Å². The molecule has 2 rings (SSSR count). The van der Waals surface area contributed by atoms with Crippen LogP contribution in [-0.2, 0) is 6.42 Å². The van der Waals surface area contributed by atoms with Gasteiger partial charge in [-0.1, -0.05) is 22.0 Å². The van der Waals surface area contributed by atoms with Gasteiger partial charge in [-0.2, -0.15) is 0 Å². The van der Waals surface area contributed by atoms with Crippen molar-refractivity contribution in [3.63, 3.8) is 0 Å². The Balaban J connectivity index is 0.000000845. The Bertz CT molecular complexity index is 327. The number of halogens is 2. The van der Waals surface area contributed by atoms with E-state index in [1.165, 1.54) is 0 Å². The molecule has 1 atom stereocenters. The number of ketones is 1. The second kappa shape index (κ2) is 4.33. The van der Waals surface area contributed by atoms with Gasteiger partial charge in [0.1, 0.15) is 5.69 Å². The fraction of sp³-hybridized carbons (Fsp3) is 0.333. The van der Waals surface area contributed by atoms with Gasteiger partial charge in [0.25, 0.3) is 0 Å². The molecule has 1 heterocycles. The van der Waals surface area contributed by atoms with Crippen LogP contribution in [0.5, 0.6) is 0 Å². The molecule has 0 amide bonds. The van der Waals surface area contributed by atoms with E-state index in [4.69, 9.17) is 0 Å². The standard InChI is InChI=1S/C9H8BrNO.BrH/c10-7-4-3-6-2-1-5-11-8(6)9(7)12;/h1-2,5,7H,3-4H2;1H. The van der Waals surface area contributed by atoms with Crippen LogP contribution in [0.15, 0.2) is 18.3 Å². The van der Waals surface area contributed by atoms with Gasteiger partial charge in [-0.25, -0.2) is 0 Å². The first-order chi connectivity index (χ1) is 5.79. The largest absolute Gasteiger partial charge is 0.291 e. The third-order valence-corrected chi connectivity index (χ3v) is 2.95. The van der Waals surface area contributed by atoms with E-state index in [1.807, 2.05) is 12.1 Å². The molecule has 0 fully saturated rings. The molecule has 0 saturated heterocycles. The van der Waals surface area contributed by atoms with Gasteiger partial charge in [0.05, 0.1) is 4.83 Å². The number of nitrogens with zero attached hydrogens (tertiary/aromatic N) is 1. The highest BCUT2D eigenvalue weighted by molar-refractivity contribution is 9.10. The highest BCUT2D eigenvalue weighted by Crippen LogP contribution is 2.23. The Morgan fingerprint density at radius 3 is 3.08 bits per heavy atom. The van der Waals surface area contributed by atoms with E-state index in [2.05, 4.69) is 20.9 Å². The molecule has 4 heteroatoms. The maximum atomic E-state index is 11.5. The molecule has 13 heavy (non-hydrogen) atoms. The third-order valence-electron chi connectivity index (χ3n) is 2.08. The van der Waals surface area contributed by atoms with Crippen LogP contribution < -0.4 is 0 Å². The third kappa shape index (κ3) is 1.99. The van der Waals surface area contributed by atoms with E-state index < -0.39 is 0 Å². The van der Waals surface area contributed by atoms with Crippen molar-refractivity contribution in [1.82, 2.24) is 4.98 Å². The van der Waals surface area contributed by atoms with E-state index in [0.717, 1.165) is 18.4 Å². The predicted molar refractivity (Wildman–Crippen MR) is 59.9 cm³/mol. The fourth-order valence-corrected chi connectivity index (χ4v) is 1.87. The average molecular weight is 307 g/mol. The summed E-state index contributed by atoms with van der Waals surface area (Å²) >= 11 is 3.33. The summed E-state index contributed by atoms with van der Waals surface area (Å²) in [6, 6.07) is 3.85. The van der Waals surface area contributed by atoms with Crippen LogP contribution >= 0.6 is 32.9 Å². The number of rotatable bonds is 0. The molecule has 0 saturated carbocycles. The molecule has 1 unspecified atom stereocenters. The van der Waals surface area contributed by atoms with Gasteiger partial charge in [-0.15, -0.1) is 17.0 Å². The first kappa shape index (κ1) is 10.9. The number of aromatic nitrogens is 1. The highest BCUT2D eigenvalue weighted by atomic mass is 79.9. The lowest BCUT2D eigenvalue weighted by molar-refractivity contribution is 0.0976. The predicted octanol–water partition coefficient (Wildman–Crippen LogP) is 2.55. The molecular formula is C9H9Br2NO. The zero-order chi connectivity index (χ0) is 8.55. The molecule has 1 aliphatic carbocycles. The lowest BCUT2D eigenvalue weighted by Crippen LogP contribution is -2.23. The number of aryl methyl sites for hydroxylation is 1. The van der Waals surface area contributed by atoms with Crippen molar-refractivity contribution < 1.29 is 4.79 Å². The normalized spacial score (nSPS) is 20.4. The van der Waals surface area contributed by atoms with Crippen molar-refractivity contribution in [3.8, 4) is 0 Å². The summed E-state index contributed by atoms with van der Waals surface area (Å²) in [6.07, 6.45) is 3.50. The number of Topliss-reactive ketones (excluding diaryl/α,β-unsaturated/α-hetero) is 1. The van der Waals surface area contributed by atoms with Crippen LogP contribution in [0.4, 0.5) is 0 Å². The minimum Gasteiger partial charge on any atom is -0.291 e. The van der Waals surface area contributed by atoms with Gasteiger partial charge < -0.3 is 0 Å². The summed E-state index contributed by atoms with van der Waals surface area (Å²) in [6.45, 7) is 0. The van der Waals surface area contributed by atoms with Crippen LogP contribution in [0.1, 0.15) is 22.5 Å². The van der Waals surface area contributed by atoms with Crippen LogP contribution in [0.25, 0.3) is 0 Å². The number of hydrogen-bond donors (Lipinski definition) is 0. The fourth-order valence-electron chi connectivity index (χ4n) is 1.42. The number of fused-ring (bicyclic) bond motifs is 1. The minimum atomic E-state index is -0.0279. The van der Waals surface area contributed by atoms with Gasteiger partial charge in [-0.05, 0) is 24.5 Å². The average Bonchev–Trinajstić information content (AvgIpc) is 2.12. The summed E-state index contributed by atoms with van der Waals surface area (Å²) in [5.74, 6) is 0.122. The lowest BCUT2D eigenvalue weighted by atomic mass is 9.95. The Morgan fingerprint density at radius 1 is 1.54 bits per heavy atom. The van der Waals surface area contributed by atoms with E-state index in [-0.39, 0.29) is 27.6 Å². The molecule has 0 aliphatic heterocycles. The minimum absolute atomic E-state index is 0. The SMILES string of the molecule is Br.O=C1c2ncccc2CCC1Br. The molecule has 0 aromatic carbocycles. The van der Waals surface area contributed by atoms with Crippen molar-refractivity contribution in [2.75, 3.05) is 0 Å². The Kier molecular flexibility index (Phi) is 3.62. The van der Waals surface area contributed by atoms with Crippen molar-refractivity contribution in [2.24, 2.45) is 0 Å². The quantitative estimate of drug-likeness (QED) is 0.690. The van der Waals surface area contributed by atoms with Crippen molar-refractivity contribution in [2.45, 2.75) is 17.7 Å². The zero-order valence-electron chi connectivity index (χ0n) is 6.87. The maximum absolute atomic E-state index is 11.5. The van der Waals surface area contributed by atoms with Crippen LogP contribution in [0.2, 0.25) is 0 Å². The molecule has 2 nitrogen and oxygen atoms in total. The smallest absolute Gasteiger partial charge is 0.195 e. The molecule has 1 aromatic rings. The van der Waals surface area contributed by atoms with Crippen LogP contribution in [0, 0.1) is 0 Å². The summed E-state index contributed by atoms with van der Waals surface area (Å²) in [5.41, 5.74) is 1.73. The van der Waals surface area contributed by atoms with E-state index in [1.54, 1.807) is 6.20 Å². The van der Waals surface area contributed by atoms with Crippen LogP contribution in [0.3, 0.4) is 0 Å². The monoisotopic (exact) mass is 305 g/mol. The number of carbonyl (C=O) groups excluding carboxylic acids is 1. The Labute approximate surface area is 95.6 Å². The second-order valence-corrected chi connectivity index (χ2v) is 3.99. The lowest BCUT2D eigenvalue weighted by Gasteiger charge is -2.16. The molecule has 0 radical (unpaired) electrons. The molecule has 1 aromatic heterocycles. The molecule has 0 spiro atoms. The highest BCUT2D eigenvalue weighted by Gasteiger charge is 2.25.